The molecule has 8 heteroatoms. The van der Waals surface area contributed by atoms with Crippen molar-refractivity contribution < 1.29 is 9.53 Å². The van der Waals surface area contributed by atoms with Crippen LogP contribution in [0.4, 0.5) is 5.82 Å². The number of nitrogens with zero attached hydrogens (tertiary/aromatic N) is 5. The number of hydrogen-bond acceptors (Lipinski definition) is 6. The average molecular weight is 352 g/mol. The van der Waals surface area contributed by atoms with Gasteiger partial charge in [0.15, 0.2) is 0 Å². The van der Waals surface area contributed by atoms with Crippen LogP contribution in [0.1, 0.15) is 16.1 Å². The number of hydrogen-bond donors (Lipinski definition) is 1. The molecule has 1 aliphatic rings. The molecule has 1 aliphatic heterocycles. The number of aryl methyl sites for hydroxylation is 1. The van der Waals surface area contributed by atoms with Gasteiger partial charge in [-0.2, -0.15) is 4.98 Å². The van der Waals surface area contributed by atoms with Gasteiger partial charge in [-0.3, -0.25) is 4.79 Å². The zero-order valence-electron chi connectivity index (χ0n) is 14.8. The molecule has 2 aromatic heterocycles. The van der Waals surface area contributed by atoms with Gasteiger partial charge in [-0.15, -0.1) is 0 Å². The Bertz CT molecular complexity index is 946. The molecule has 1 N–H and O–H groups in total. The number of piperazine rings is 1. The number of ether oxygens (including phenoxy) is 1. The summed E-state index contributed by atoms with van der Waals surface area (Å²) in [5, 5.41) is 0. The summed E-state index contributed by atoms with van der Waals surface area (Å²) in [4.78, 5) is 32.7. The monoisotopic (exact) mass is 352 g/mol. The number of amides is 1. The van der Waals surface area contributed by atoms with Crippen molar-refractivity contribution >= 4 is 22.8 Å². The van der Waals surface area contributed by atoms with E-state index in [-0.39, 0.29) is 5.91 Å². The highest BCUT2D eigenvalue weighted by Crippen LogP contribution is 2.19. The van der Waals surface area contributed by atoms with Gasteiger partial charge in [0.2, 0.25) is 0 Å². The Morgan fingerprint density at radius 2 is 1.96 bits per heavy atom. The SMILES string of the molecule is COc1nc(C)cc(N2CCN(C(=O)c3ccc4nc[nH]c4c3)CC2)n1. The molecule has 0 bridgehead atoms. The summed E-state index contributed by atoms with van der Waals surface area (Å²) in [5.41, 5.74) is 3.27. The zero-order chi connectivity index (χ0) is 18.1. The van der Waals surface area contributed by atoms with Gasteiger partial charge >= 0.3 is 6.01 Å². The summed E-state index contributed by atoms with van der Waals surface area (Å²) >= 11 is 0. The number of H-pyrrole nitrogens is 1. The minimum Gasteiger partial charge on any atom is -0.467 e. The van der Waals surface area contributed by atoms with E-state index in [2.05, 4.69) is 24.8 Å². The lowest BCUT2D eigenvalue weighted by atomic mass is 10.1. The lowest BCUT2D eigenvalue weighted by molar-refractivity contribution is 0.0746. The van der Waals surface area contributed by atoms with Crippen molar-refractivity contribution in [2.24, 2.45) is 0 Å². The molecular formula is C18H20N6O2. The van der Waals surface area contributed by atoms with Crippen LogP contribution < -0.4 is 9.64 Å². The molecule has 1 aromatic carbocycles. The van der Waals surface area contributed by atoms with Gasteiger partial charge in [-0.05, 0) is 25.1 Å². The van der Waals surface area contributed by atoms with E-state index in [9.17, 15) is 4.79 Å². The molecule has 0 saturated carbocycles. The third kappa shape index (κ3) is 3.05. The topological polar surface area (TPSA) is 87.2 Å². The van der Waals surface area contributed by atoms with Crippen LogP contribution in [0.15, 0.2) is 30.6 Å². The summed E-state index contributed by atoms with van der Waals surface area (Å²) in [6, 6.07) is 7.86. The van der Waals surface area contributed by atoms with Crippen LogP contribution in [0.25, 0.3) is 11.0 Å². The largest absolute Gasteiger partial charge is 0.467 e. The number of aromatic amines is 1. The van der Waals surface area contributed by atoms with E-state index < -0.39 is 0 Å². The molecule has 0 atom stereocenters. The Labute approximate surface area is 150 Å². The number of carbonyl (C=O) groups excluding carboxylic acids is 1. The van der Waals surface area contributed by atoms with E-state index in [0.717, 1.165) is 35.6 Å². The highest BCUT2D eigenvalue weighted by molar-refractivity contribution is 5.97. The van der Waals surface area contributed by atoms with Gasteiger partial charge in [-0.1, -0.05) is 0 Å². The first-order valence-electron chi connectivity index (χ1n) is 8.51. The first kappa shape index (κ1) is 16.3. The minimum absolute atomic E-state index is 0.0394. The maximum absolute atomic E-state index is 12.8. The average Bonchev–Trinajstić information content (AvgIpc) is 3.14. The van der Waals surface area contributed by atoms with Gasteiger partial charge in [-0.25, -0.2) is 9.97 Å². The molecule has 4 rings (SSSR count). The fraction of sp³-hybridized carbons (Fsp3) is 0.333. The number of rotatable bonds is 3. The number of methoxy groups -OCH3 is 1. The number of fused-ring (bicyclic) bond motifs is 1. The third-order valence-electron chi connectivity index (χ3n) is 4.56. The molecule has 3 heterocycles. The van der Waals surface area contributed by atoms with Gasteiger partial charge in [0.05, 0.1) is 24.5 Å². The quantitative estimate of drug-likeness (QED) is 0.771. The molecule has 26 heavy (non-hydrogen) atoms. The zero-order valence-corrected chi connectivity index (χ0v) is 14.8. The van der Waals surface area contributed by atoms with E-state index in [1.54, 1.807) is 13.4 Å². The van der Waals surface area contributed by atoms with Crippen LogP contribution >= 0.6 is 0 Å². The normalized spacial score (nSPS) is 14.7. The molecule has 1 amide bonds. The number of nitrogens with one attached hydrogen (secondary N) is 1. The highest BCUT2D eigenvalue weighted by Gasteiger charge is 2.23. The van der Waals surface area contributed by atoms with Crippen LogP contribution in [-0.4, -0.2) is 64.0 Å². The Balaban J connectivity index is 1.46. The molecule has 0 radical (unpaired) electrons. The number of anilines is 1. The summed E-state index contributed by atoms with van der Waals surface area (Å²) in [6.45, 7) is 4.64. The maximum atomic E-state index is 12.8. The smallest absolute Gasteiger partial charge is 0.318 e. The lowest BCUT2D eigenvalue weighted by Gasteiger charge is -2.35. The van der Waals surface area contributed by atoms with Crippen molar-refractivity contribution in [1.82, 2.24) is 24.8 Å². The fourth-order valence-corrected chi connectivity index (χ4v) is 3.17. The maximum Gasteiger partial charge on any atom is 0.318 e. The molecule has 8 nitrogen and oxygen atoms in total. The predicted octanol–water partition coefficient (Wildman–Crippen LogP) is 1.63. The fourth-order valence-electron chi connectivity index (χ4n) is 3.17. The Morgan fingerprint density at radius 1 is 1.15 bits per heavy atom. The van der Waals surface area contributed by atoms with Crippen molar-refractivity contribution in [3.8, 4) is 6.01 Å². The number of imidazole rings is 1. The van der Waals surface area contributed by atoms with Crippen molar-refractivity contribution in [1.29, 1.82) is 0 Å². The standard InChI is InChI=1S/C18H20N6O2/c1-12-9-16(22-18(21-12)26-2)23-5-7-24(8-6-23)17(25)13-3-4-14-15(10-13)20-11-19-14/h3-4,9-11H,5-8H2,1-2H3,(H,19,20). The summed E-state index contributed by atoms with van der Waals surface area (Å²) < 4.78 is 5.15. The van der Waals surface area contributed by atoms with Crippen molar-refractivity contribution in [3.05, 3.63) is 41.9 Å². The second-order valence-corrected chi connectivity index (χ2v) is 6.27. The Hall–Kier alpha value is -3.16. The molecule has 0 aliphatic carbocycles. The first-order chi connectivity index (χ1) is 12.6. The van der Waals surface area contributed by atoms with Crippen LogP contribution in [0, 0.1) is 6.92 Å². The van der Waals surface area contributed by atoms with Crippen LogP contribution in [0.2, 0.25) is 0 Å². The molecule has 134 valence electrons. The van der Waals surface area contributed by atoms with E-state index in [0.29, 0.717) is 24.7 Å². The number of aromatic nitrogens is 4. The predicted molar refractivity (Wildman–Crippen MR) is 97.5 cm³/mol. The minimum atomic E-state index is 0.0394. The van der Waals surface area contributed by atoms with Crippen LogP contribution in [0.3, 0.4) is 0 Å². The third-order valence-corrected chi connectivity index (χ3v) is 4.56. The molecule has 3 aromatic rings. The van der Waals surface area contributed by atoms with Gasteiger partial charge in [0, 0.05) is 43.5 Å². The van der Waals surface area contributed by atoms with E-state index in [1.807, 2.05) is 36.1 Å². The number of benzene rings is 1. The molecule has 1 fully saturated rings. The van der Waals surface area contributed by atoms with Gasteiger partial charge in [0.1, 0.15) is 5.82 Å². The highest BCUT2D eigenvalue weighted by atomic mass is 16.5. The van der Waals surface area contributed by atoms with Gasteiger partial charge < -0.3 is 19.5 Å². The molecule has 0 unspecified atom stereocenters. The second-order valence-electron chi connectivity index (χ2n) is 6.27. The lowest BCUT2D eigenvalue weighted by Crippen LogP contribution is -2.49. The van der Waals surface area contributed by atoms with Crippen molar-refractivity contribution in [3.63, 3.8) is 0 Å². The summed E-state index contributed by atoms with van der Waals surface area (Å²) in [7, 11) is 1.56. The molecule has 0 spiro atoms. The molecule has 1 saturated heterocycles. The summed E-state index contributed by atoms with van der Waals surface area (Å²) in [5.74, 6) is 0.873. The van der Waals surface area contributed by atoms with E-state index in [4.69, 9.17) is 4.74 Å². The van der Waals surface area contributed by atoms with E-state index in [1.165, 1.54) is 0 Å². The summed E-state index contributed by atoms with van der Waals surface area (Å²) in [6.07, 6.45) is 1.63. The number of carbonyl (C=O) groups is 1. The second kappa shape index (κ2) is 6.62. The van der Waals surface area contributed by atoms with Gasteiger partial charge in [0.25, 0.3) is 5.91 Å². The Morgan fingerprint density at radius 3 is 2.73 bits per heavy atom. The van der Waals surface area contributed by atoms with E-state index >= 15 is 0 Å². The van der Waals surface area contributed by atoms with Crippen LogP contribution in [0.5, 0.6) is 6.01 Å². The first-order valence-corrected chi connectivity index (χ1v) is 8.51. The molecular weight excluding hydrogens is 332 g/mol. The van der Waals surface area contributed by atoms with Crippen molar-refractivity contribution in [2.45, 2.75) is 6.92 Å². The van der Waals surface area contributed by atoms with Crippen molar-refractivity contribution in [2.75, 3.05) is 38.2 Å². The Kier molecular flexibility index (Phi) is 4.16. The van der Waals surface area contributed by atoms with Crippen LogP contribution in [-0.2, 0) is 0 Å².